The lowest BCUT2D eigenvalue weighted by Gasteiger charge is -2.27. The molecule has 132 valence electrons. The Balaban J connectivity index is 2.98. The fourth-order valence-corrected chi connectivity index (χ4v) is 4.17. The van der Waals surface area contributed by atoms with Gasteiger partial charge in [0.05, 0.1) is 0 Å². The van der Waals surface area contributed by atoms with Gasteiger partial charge >= 0.3 is 15.2 Å². The van der Waals surface area contributed by atoms with Crippen molar-refractivity contribution in [2.75, 3.05) is 41.0 Å². The van der Waals surface area contributed by atoms with Crippen molar-refractivity contribution in [1.82, 2.24) is 4.90 Å². The van der Waals surface area contributed by atoms with E-state index in [1.54, 1.807) is 17.0 Å². The van der Waals surface area contributed by atoms with Crippen molar-refractivity contribution in [3.8, 4) is 5.75 Å². The molecule has 0 aliphatic carbocycles. The molecule has 0 saturated heterocycles. The molecule has 0 aliphatic heterocycles. The Kier molecular flexibility index (Phi) is 7.90. The maximum absolute atomic E-state index is 12.4. The van der Waals surface area contributed by atoms with Crippen LogP contribution in [0.4, 0.5) is 0 Å². The Labute approximate surface area is 136 Å². The van der Waals surface area contributed by atoms with Gasteiger partial charge in [-0.25, -0.2) is 0 Å². The van der Waals surface area contributed by atoms with Crippen LogP contribution in [0.1, 0.15) is 5.56 Å². The van der Waals surface area contributed by atoms with Gasteiger partial charge in [-0.05, 0) is 17.7 Å². The highest BCUT2D eigenvalue weighted by atomic mass is 31.2. The SMILES string of the molecule is COP(=O)(CN(Cc1ccc(O)cc1)CP(=O)(OC)OC)OC. The third-order valence-electron chi connectivity index (χ3n) is 3.20. The van der Waals surface area contributed by atoms with Gasteiger partial charge in [0.25, 0.3) is 0 Å². The maximum atomic E-state index is 12.4. The molecule has 0 fully saturated rings. The second-order valence-corrected chi connectivity index (χ2v) is 9.20. The normalized spacial score (nSPS) is 12.7. The first-order valence-corrected chi connectivity index (χ1v) is 10.2. The van der Waals surface area contributed by atoms with Crippen molar-refractivity contribution in [2.45, 2.75) is 6.54 Å². The fourth-order valence-electron chi connectivity index (χ4n) is 1.87. The molecule has 1 aromatic rings. The van der Waals surface area contributed by atoms with Gasteiger partial charge in [0.15, 0.2) is 0 Å². The second-order valence-electron chi connectivity index (χ2n) is 4.73. The van der Waals surface area contributed by atoms with E-state index >= 15 is 0 Å². The van der Waals surface area contributed by atoms with Crippen molar-refractivity contribution >= 4 is 15.2 Å². The van der Waals surface area contributed by atoms with Gasteiger partial charge in [0, 0.05) is 35.0 Å². The van der Waals surface area contributed by atoms with Gasteiger partial charge in [-0.15, -0.1) is 0 Å². The summed E-state index contributed by atoms with van der Waals surface area (Å²) in [5.74, 6) is 0.138. The average Bonchev–Trinajstić information content (AvgIpc) is 2.56. The molecule has 0 aromatic heterocycles. The summed E-state index contributed by atoms with van der Waals surface area (Å²) in [6.07, 6.45) is -0.171. The molecule has 10 heteroatoms. The highest BCUT2D eigenvalue weighted by Crippen LogP contribution is 2.51. The number of phenolic OH excluding ortho intramolecular Hbond substituents is 1. The van der Waals surface area contributed by atoms with Crippen LogP contribution in [-0.4, -0.2) is 51.0 Å². The van der Waals surface area contributed by atoms with Gasteiger partial charge in [0.2, 0.25) is 0 Å². The van der Waals surface area contributed by atoms with E-state index in [0.29, 0.717) is 6.54 Å². The summed E-state index contributed by atoms with van der Waals surface area (Å²) in [5, 5.41) is 9.33. The molecule has 1 N–H and O–H groups in total. The minimum Gasteiger partial charge on any atom is -0.508 e. The Hall–Kier alpha value is -0.720. The van der Waals surface area contributed by atoms with Gasteiger partial charge in [-0.1, -0.05) is 12.1 Å². The van der Waals surface area contributed by atoms with Crippen molar-refractivity contribution in [3.05, 3.63) is 29.8 Å². The molecule has 0 aliphatic rings. The number of nitrogens with zero attached hydrogens (tertiary/aromatic N) is 1. The lowest BCUT2D eigenvalue weighted by atomic mass is 10.2. The quantitative estimate of drug-likeness (QED) is 0.631. The largest absolute Gasteiger partial charge is 0.508 e. The molecule has 0 bridgehead atoms. The van der Waals surface area contributed by atoms with E-state index in [1.165, 1.54) is 40.6 Å². The minimum atomic E-state index is -3.35. The Morgan fingerprint density at radius 2 is 1.26 bits per heavy atom. The minimum absolute atomic E-state index is 0.0857. The third kappa shape index (κ3) is 6.36. The number of benzene rings is 1. The summed E-state index contributed by atoms with van der Waals surface area (Å²) >= 11 is 0. The van der Waals surface area contributed by atoms with Gasteiger partial charge in [-0.3, -0.25) is 14.0 Å². The molecular weight excluding hydrogens is 344 g/mol. The number of hydrogen-bond acceptors (Lipinski definition) is 8. The summed E-state index contributed by atoms with van der Waals surface area (Å²) in [6, 6.07) is 6.48. The van der Waals surface area contributed by atoms with E-state index < -0.39 is 15.2 Å². The highest BCUT2D eigenvalue weighted by Gasteiger charge is 2.31. The summed E-state index contributed by atoms with van der Waals surface area (Å²) in [6.45, 7) is 0.299. The molecule has 0 radical (unpaired) electrons. The van der Waals surface area contributed by atoms with E-state index in [-0.39, 0.29) is 18.3 Å². The second kappa shape index (κ2) is 8.94. The van der Waals surface area contributed by atoms with Crippen LogP contribution in [0.25, 0.3) is 0 Å². The molecule has 0 atom stereocenters. The molecule has 1 aromatic carbocycles. The van der Waals surface area contributed by atoms with Crippen molar-refractivity contribution < 1.29 is 32.3 Å². The van der Waals surface area contributed by atoms with Crippen molar-refractivity contribution in [1.29, 1.82) is 0 Å². The molecule has 0 saturated carbocycles. The van der Waals surface area contributed by atoms with Crippen LogP contribution in [0.5, 0.6) is 5.75 Å². The van der Waals surface area contributed by atoms with Gasteiger partial charge in [0.1, 0.15) is 18.3 Å². The van der Waals surface area contributed by atoms with E-state index in [2.05, 4.69) is 0 Å². The molecule has 0 heterocycles. The van der Waals surface area contributed by atoms with E-state index in [4.69, 9.17) is 18.1 Å². The predicted octanol–water partition coefficient (Wildman–Crippen LogP) is 3.08. The molecule has 0 unspecified atom stereocenters. The maximum Gasteiger partial charge on any atom is 0.344 e. The average molecular weight is 367 g/mol. The first-order valence-electron chi connectivity index (χ1n) is 6.71. The Morgan fingerprint density at radius 1 is 0.870 bits per heavy atom. The number of aromatic hydroxyl groups is 1. The van der Waals surface area contributed by atoms with E-state index in [9.17, 15) is 14.2 Å². The lowest BCUT2D eigenvalue weighted by molar-refractivity contribution is 0.220. The lowest BCUT2D eigenvalue weighted by Crippen LogP contribution is -2.27. The van der Waals surface area contributed by atoms with Gasteiger partial charge < -0.3 is 23.2 Å². The fraction of sp³-hybridized carbons (Fsp3) is 0.538. The number of hydrogen-bond donors (Lipinski definition) is 1. The summed E-state index contributed by atoms with van der Waals surface area (Å²) in [4.78, 5) is 1.61. The van der Waals surface area contributed by atoms with Crippen LogP contribution < -0.4 is 0 Å². The van der Waals surface area contributed by atoms with E-state index in [1.807, 2.05) is 0 Å². The summed E-state index contributed by atoms with van der Waals surface area (Å²) in [5.41, 5.74) is 0.820. The van der Waals surface area contributed by atoms with Crippen LogP contribution >= 0.6 is 15.2 Å². The van der Waals surface area contributed by atoms with Crippen molar-refractivity contribution in [2.24, 2.45) is 0 Å². The van der Waals surface area contributed by atoms with Crippen LogP contribution in [-0.2, 0) is 33.8 Å². The third-order valence-corrected chi connectivity index (χ3v) is 6.92. The van der Waals surface area contributed by atoms with Crippen molar-refractivity contribution in [3.63, 3.8) is 0 Å². The first-order chi connectivity index (χ1) is 10.8. The highest BCUT2D eigenvalue weighted by molar-refractivity contribution is 7.54. The molecule has 0 spiro atoms. The zero-order chi connectivity index (χ0) is 17.5. The summed E-state index contributed by atoms with van der Waals surface area (Å²) < 4.78 is 44.5. The molecule has 8 nitrogen and oxygen atoms in total. The molecular formula is C13H23NO7P2. The predicted molar refractivity (Wildman–Crippen MR) is 86.6 cm³/mol. The molecule has 23 heavy (non-hydrogen) atoms. The van der Waals surface area contributed by atoms with E-state index in [0.717, 1.165) is 5.56 Å². The Morgan fingerprint density at radius 3 is 1.61 bits per heavy atom. The standard InChI is InChI=1S/C13H23NO7P2/c1-18-22(16,19-2)10-14(11-23(17,20-3)21-4)9-12-5-7-13(15)8-6-12/h5-8,15H,9-11H2,1-4H3. The number of rotatable bonds is 10. The van der Waals surface area contributed by atoms with Crippen LogP contribution in [0.3, 0.4) is 0 Å². The smallest absolute Gasteiger partial charge is 0.344 e. The zero-order valence-corrected chi connectivity index (χ0v) is 15.5. The molecule has 0 amide bonds. The van der Waals surface area contributed by atoms with Gasteiger partial charge in [-0.2, -0.15) is 0 Å². The first kappa shape index (κ1) is 20.3. The Bertz CT molecular complexity index is 534. The molecule has 1 rings (SSSR count). The number of phenols is 1. The summed E-state index contributed by atoms with van der Waals surface area (Å²) in [7, 11) is -1.55. The zero-order valence-electron chi connectivity index (χ0n) is 13.7. The van der Waals surface area contributed by atoms with Crippen LogP contribution in [0.2, 0.25) is 0 Å². The van der Waals surface area contributed by atoms with Crippen LogP contribution in [0, 0.1) is 0 Å². The monoisotopic (exact) mass is 367 g/mol. The van der Waals surface area contributed by atoms with Crippen LogP contribution in [0.15, 0.2) is 24.3 Å². The topological polar surface area (TPSA) is 94.5 Å².